The summed E-state index contributed by atoms with van der Waals surface area (Å²) in [7, 11) is 0. The molecule has 2 aromatic carbocycles. The van der Waals surface area contributed by atoms with Crippen molar-refractivity contribution in [2.24, 2.45) is 0 Å². The van der Waals surface area contributed by atoms with Crippen LogP contribution in [0.15, 0.2) is 48.5 Å². The van der Waals surface area contributed by atoms with Crippen molar-refractivity contribution in [2.45, 2.75) is 0 Å². The summed E-state index contributed by atoms with van der Waals surface area (Å²) in [5, 5.41) is 20.6. The second-order valence-corrected chi connectivity index (χ2v) is 4.47. The van der Waals surface area contributed by atoms with E-state index in [1.165, 1.54) is 12.1 Å². The summed E-state index contributed by atoms with van der Waals surface area (Å²) < 4.78 is 0. The van der Waals surface area contributed by atoms with Gasteiger partial charge >= 0.3 is 0 Å². The van der Waals surface area contributed by atoms with Gasteiger partial charge in [-0.1, -0.05) is 35.9 Å². The minimum absolute atomic E-state index is 0.0419. The maximum Gasteiger partial charge on any atom is 0.270 e. The first-order valence-corrected chi connectivity index (χ1v) is 6.10. The fraction of sp³-hybridized carbons (Fsp3) is 0. The number of nitro benzene ring substituents is 1. The van der Waals surface area contributed by atoms with E-state index in [1.54, 1.807) is 42.5 Å². The largest absolute Gasteiger partial charge is 0.270 e. The fourth-order valence-corrected chi connectivity index (χ4v) is 1.82. The second-order valence-electron chi connectivity index (χ2n) is 4.03. The number of allylic oxidation sites excluding steroid dienone is 1. The zero-order chi connectivity index (χ0) is 14.5. The molecule has 0 fully saturated rings. The van der Waals surface area contributed by atoms with E-state index in [9.17, 15) is 15.4 Å². The molecule has 0 saturated carbocycles. The first-order chi connectivity index (χ1) is 9.60. The Balaban J connectivity index is 2.42. The van der Waals surface area contributed by atoms with E-state index in [0.717, 1.165) is 5.56 Å². The topological polar surface area (TPSA) is 66.9 Å². The Kier molecular flexibility index (Phi) is 4.14. The lowest BCUT2D eigenvalue weighted by atomic mass is 10.0. The molecule has 0 heterocycles. The number of benzene rings is 2. The Hall–Kier alpha value is -2.64. The minimum atomic E-state index is -0.485. The molecule has 2 rings (SSSR count). The van der Waals surface area contributed by atoms with Gasteiger partial charge in [0, 0.05) is 17.2 Å². The maximum absolute atomic E-state index is 10.7. The number of hydrogen-bond acceptors (Lipinski definition) is 3. The lowest BCUT2D eigenvalue weighted by Gasteiger charge is -2.00. The van der Waals surface area contributed by atoms with Crippen LogP contribution in [0, 0.1) is 21.4 Å². The molecular formula is C15H9ClN2O2. The van der Waals surface area contributed by atoms with Gasteiger partial charge in [-0.05, 0) is 29.3 Å². The predicted octanol–water partition coefficient (Wildman–Crippen LogP) is 4.31. The van der Waals surface area contributed by atoms with E-state index >= 15 is 0 Å². The summed E-state index contributed by atoms with van der Waals surface area (Å²) in [6.07, 6.45) is 1.66. The van der Waals surface area contributed by atoms with Gasteiger partial charge in [-0.2, -0.15) is 5.26 Å². The molecule has 0 spiro atoms. The third kappa shape index (κ3) is 3.22. The van der Waals surface area contributed by atoms with Crippen LogP contribution < -0.4 is 0 Å². The highest BCUT2D eigenvalue weighted by molar-refractivity contribution is 6.30. The van der Waals surface area contributed by atoms with Gasteiger partial charge < -0.3 is 0 Å². The quantitative estimate of drug-likeness (QED) is 0.365. The van der Waals surface area contributed by atoms with Crippen molar-refractivity contribution in [2.75, 3.05) is 0 Å². The normalized spacial score (nSPS) is 10.9. The number of nitriles is 1. The molecule has 0 unspecified atom stereocenters. The van der Waals surface area contributed by atoms with Gasteiger partial charge in [-0.25, -0.2) is 0 Å². The van der Waals surface area contributed by atoms with E-state index in [2.05, 4.69) is 6.07 Å². The van der Waals surface area contributed by atoms with E-state index < -0.39 is 4.92 Å². The third-order valence-corrected chi connectivity index (χ3v) is 2.92. The van der Waals surface area contributed by atoms with Crippen LogP contribution in [-0.2, 0) is 0 Å². The average molecular weight is 285 g/mol. The van der Waals surface area contributed by atoms with E-state index in [-0.39, 0.29) is 5.69 Å². The van der Waals surface area contributed by atoms with Crippen molar-refractivity contribution in [3.63, 3.8) is 0 Å². The standard InChI is InChI=1S/C15H9ClN2O2/c16-14-6-4-11(5-7-14)8-13(10-17)12-2-1-3-15(9-12)18(19)20/h1-9H/b13-8-. The second kappa shape index (κ2) is 6.00. The summed E-state index contributed by atoms with van der Waals surface area (Å²) in [6.45, 7) is 0. The molecule has 0 radical (unpaired) electrons. The van der Waals surface area contributed by atoms with Crippen LogP contribution in [0.25, 0.3) is 11.6 Å². The van der Waals surface area contributed by atoms with Crippen molar-refractivity contribution in [1.29, 1.82) is 5.26 Å². The Bertz CT molecular complexity index is 715. The molecule has 0 aliphatic heterocycles. The van der Waals surface area contributed by atoms with Crippen LogP contribution in [0.2, 0.25) is 5.02 Å². The number of non-ortho nitro benzene ring substituents is 1. The highest BCUT2D eigenvalue weighted by Crippen LogP contribution is 2.22. The van der Waals surface area contributed by atoms with Gasteiger partial charge in [-0.3, -0.25) is 10.1 Å². The van der Waals surface area contributed by atoms with Crippen LogP contribution in [0.3, 0.4) is 0 Å². The van der Waals surface area contributed by atoms with Gasteiger partial charge in [0.2, 0.25) is 0 Å². The average Bonchev–Trinajstić information content (AvgIpc) is 2.46. The molecule has 0 atom stereocenters. The zero-order valence-corrected chi connectivity index (χ0v) is 11.0. The van der Waals surface area contributed by atoms with Gasteiger partial charge in [0.15, 0.2) is 0 Å². The highest BCUT2D eigenvalue weighted by Gasteiger charge is 2.08. The SMILES string of the molecule is N#C/C(=C/c1ccc(Cl)cc1)c1cccc([N+](=O)[O-])c1. The van der Waals surface area contributed by atoms with Gasteiger partial charge in [-0.15, -0.1) is 0 Å². The molecule has 0 aromatic heterocycles. The minimum Gasteiger partial charge on any atom is -0.258 e. The van der Waals surface area contributed by atoms with E-state index in [4.69, 9.17) is 11.6 Å². The van der Waals surface area contributed by atoms with Crippen molar-refractivity contribution >= 4 is 28.9 Å². The van der Waals surface area contributed by atoms with Crippen LogP contribution in [0.4, 0.5) is 5.69 Å². The number of nitrogens with zero attached hydrogens (tertiary/aromatic N) is 2. The van der Waals surface area contributed by atoms with Crippen LogP contribution in [0.1, 0.15) is 11.1 Å². The lowest BCUT2D eigenvalue weighted by Crippen LogP contribution is -1.89. The molecule has 0 aliphatic rings. The molecule has 0 bridgehead atoms. The summed E-state index contributed by atoms with van der Waals surface area (Å²) in [5.41, 5.74) is 1.63. The predicted molar refractivity (Wildman–Crippen MR) is 78.0 cm³/mol. The summed E-state index contributed by atoms with van der Waals surface area (Å²) >= 11 is 5.79. The molecular weight excluding hydrogens is 276 g/mol. The molecule has 0 aliphatic carbocycles. The molecule has 98 valence electrons. The summed E-state index contributed by atoms with van der Waals surface area (Å²) in [4.78, 5) is 10.3. The van der Waals surface area contributed by atoms with Gasteiger partial charge in [0.05, 0.1) is 16.6 Å². The molecule has 20 heavy (non-hydrogen) atoms. The third-order valence-electron chi connectivity index (χ3n) is 2.67. The fourth-order valence-electron chi connectivity index (χ4n) is 1.69. The van der Waals surface area contributed by atoms with Crippen LogP contribution in [0.5, 0.6) is 0 Å². The number of halogens is 1. The van der Waals surface area contributed by atoms with Crippen LogP contribution >= 0.6 is 11.6 Å². The monoisotopic (exact) mass is 284 g/mol. The van der Waals surface area contributed by atoms with Gasteiger partial charge in [0.25, 0.3) is 5.69 Å². The maximum atomic E-state index is 10.7. The molecule has 4 nitrogen and oxygen atoms in total. The van der Waals surface area contributed by atoms with Crippen LogP contribution in [-0.4, -0.2) is 4.92 Å². The first kappa shape index (κ1) is 13.8. The molecule has 0 amide bonds. The highest BCUT2D eigenvalue weighted by atomic mass is 35.5. The molecule has 2 aromatic rings. The summed E-state index contributed by atoms with van der Waals surface area (Å²) in [6, 6.07) is 15.0. The first-order valence-electron chi connectivity index (χ1n) is 5.72. The lowest BCUT2D eigenvalue weighted by molar-refractivity contribution is -0.384. The van der Waals surface area contributed by atoms with E-state index in [0.29, 0.717) is 16.2 Å². The Morgan fingerprint density at radius 3 is 2.55 bits per heavy atom. The smallest absolute Gasteiger partial charge is 0.258 e. The molecule has 0 N–H and O–H groups in total. The van der Waals surface area contributed by atoms with Crippen molar-refractivity contribution < 1.29 is 4.92 Å². The number of hydrogen-bond donors (Lipinski definition) is 0. The zero-order valence-electron chi connectivity index (χ0n) is 10.3. The Labute approximate surface area is 120 Å². The van der Waals surface area contributed by atoms with Gasteiger partial charge in [0.1, 0.15) is 0 Å². The molecule has 5 heteroatoms. The Morgan fingerprint density at radius 2 is 1.95 bits per heavy atom. The Morgan fingerprint density at radius 1 is 1.25 bits per heavy atom. The summed E-state index contributed by atoms with van der Waals surface area (Å²) in [5.74, 6) is 0. The van der Waals surface area contributed by atoms with E-state index in [1.807, 2.05) is 0 Å². The van der Waals surface area contributed by atoms with Crippen molar-refractivity contribution in [3.05, 3.63) is 74.8 Å². The molecule has 0 saturated heterocycles. The number of nitro groups is 1. The van der Waals surface area contributed by atoms with Crippen molar-refractivity contribution in [1.82, 2.24) is 0 Å². The van der Waals surface area contributed by atoms with Crippen molar-refractivity contribution in [3.8, 4) is 6.07 Å². The number of rotatable bonds is 3.